The molecule has 0 aliphatic carbocycles. The molecule has 1 saturated heterocycles. The Morgan fingerprint density at radius 2 is 1.54 bits per heavy atom. The standard InChI is InChI=1S/C23H28N2O3/c1-3-28-21-11-7-19(8-12-21)17-22(26)24-13-4-14-25(16-15-24)23(27)20-9-5-18(2)6-10-20/h5-12H,3-4,13-17H2,1-2H3. The summed E-state index contributed by atoms with van der Waals surface area (Å²) in [5, 5.41) is 0. The molecule has 0 radical (unpaired) electrons. The molecule has 1 heterocycles. The Labute approximate surface area is 166 Å². The third-order valence-corrected chi connectivity index (χ3v) is 5.02. The number of amides is 2. The van der Waals surface area contributed by atoms with Gasteiger partial charge in [0, 0.05) is 31.7 Å². The Hall–Kier alpha value is -2.82. The number of carbonyl (C=O) groups is 2. The first-order valence-corrected chi connectivity index (χ1v) is 9.92. The summed E-state index contributed by atoms with van der Waals surface area (Å²) >= 11 is 0. The van der Waals surface area contributed by atoms with Gasteiger partial charge in [-0.05, 0) is 50.1 Å². The quantitative estimate of drug-likeness (QED) is 0.800. The molecule has 0 aromatic heterocycles. The van der Waals surface area contributed by atoms with Crippen molar-refractivity contribution in [2.24, 2.45) is 0 Å². The van der Waals surface area contributed by atoms with Crippen molar-refractivity contribution in [3.63, 3.8) is 0 Å². The lowest BCUT2D eigenvalue weighted by atomic mass is 10.1. The summed E-state index contributed by atoms with van der Waals surface area (Å²) < 4.78 is 5.44. The second-order valence-corrected chi connectivity index (χ2v) is 7.15. The smallest absolute Gasteiger partial charge is 0.253 e. The third-order valence-electron chi connectivity index (χ3n) is 5.02. The van der Waals surface area contributed by atoms with Crippen molar-refractivity contribution in [3.05, 3.63) is 65.2 Å². The maximum absolute atomic E-state index is 12.7. The maximum atomic E-state index is 12.7. The van der Waals surface area contributed by atoms with E-state index in [9.17, 15) is 9.59 Å². The van der Waals surface area contributed by atoms with Crippen LogP contribution < -0.4 is 4.74 Å². The Morgan fingerprint density at radius 3 is 2.21 bits per heavy atom. The summed E-state index contributed by atoms with van der Waals surface area (Å²) in [6.45, 7) is 7.10. The van der Waals surface area contributed by atoms with Gasteiger partial charge in [0.25, 0.3) is 5.91 Å². The number of benzene rings is 2. The zero-order valence-corrected chi connectivity index (χ0v) is 16.7. The Balaban J connectivity index is 1.56. The summed E-state index contributed by atoms with van der Waals surface area (Å²) in [5.41, 5.74) is 2.82. The van der Waals surface area contributed by atoms with E-state index in [4.69, 9.17) is 4.74 Å². The van der Waals surface area contributed by atoms with Gasteiger partial charge >= 0.3 is 0 Å². The Bertz CT molecular complexity index is 800. The van der Waals surface area contributed by atoms with Gasteiger partial charge < -0.3 is 14.5 Å². The van der Waals surface area contributed by atoms with Crippen LogP contribution in [0.5, 0.6) is 5.75 Å². The Kier molecular flexibility index (Phi) is 6.69. The third kappa shape index (κ3) is 5.12. The molecular weight excluding hydrogens is 352 g/mol. The summed E-state index contributed by atoms with van der Waals surface area (Å²) in [7, 11) is 0. The van der Waals surface area contributed by atoms with Gasteiger partial charge in [0.2, 0.25) is 5.91 Å². The van der Waals surface area contributed by atoms with Gasteiger partial charge in [0.15, 0.2) is 0 Å². The lowest BCUT2D eigenvalue weighted by Crippen LogP contribution is -2.38. The fourth-order valence-electron chi connectivity index (χ4n) is 3.41. The normalized spacial score (nSPS) is 14.5. The van der Waals surface area contributed by atoms with E-state index in [1.54, 1.807) is 0 Å². The van der Waals surface area contributed by atoms with Crippen LogP contribution in [0.3, 0.4) is 0 Å². The zero-order chi connectivity index (χ0) is 19.9. The summed E-state index contributed by atoms with van der Waals surface area (Å²) in [4.78, 5) is 29.2. The first-order chi connectivity index (χ1) is 13.6. The molecule has 0 spiro atoms. The lowest BCUT2D eigenvalue weighted by Gasteiger charge is -2.22. The van der Waals surface area contributed by atoms with Crippen LogP contribution in [0, 0.1) is 6.92 Å². The van der Waals surface area contributed by atoms with Gasteiger partial charge in [-0.2, -0.15) is 0 Å². The van der Waals surface area contributed by atoms with Crippen molar-refractivity contribution in [2.45, 2.75) is 26.7 Å². The minimum atomic E-state index is 0.0424. The SMILES string of the molecule is CCOc1ccc(CC(=O)N2CCCN(C(=O)c3ccc(C)cc3)CC2)cc1. The van der Waals surface area contributed by atoms with Crippen molar-refractivity contribution in [1.29, 1.82) is 0 Å². The number of hydrogen-bond acceptors (Lipinski definition) is 3. The second-order valence-electron chi connectivity index (χ2n) is 7.15. The second kappa shape index (κ2) is 9.40. The first-order valence-electron chi connectivity index (χ1n) is 9.92. The molecule has 1 fully saturated rings. The number of rotatable bonds is 5. The van der Waals surface area contributed by atoms with E-state index in [0.717, 1.165) is 23.3 Å². The van der Waals surface area contributed by atoms with Crippen molar-refractivity contribution in [2.75, 3.05) is 32.8 Å². The molecule has 3 rings (SSSR count). The topological polar surface area (TPSA) is 49.9 Å². The Morgan fingerprint density at radius 1 is 0.893 bits per heavy atom. The average molecular weight is 380 g/mol. The predicted molar refractivity (Wildman–Crippen MR) is 110 cm³/mol. The highest BCUT2D eigenvalue weighted by atomic mass is 16.5. The first kappa shape index (κ1) is 19.9. The molecule has 5 nitrogen and oxygen atoms in total. The highest BCUT2D eigenvalue weighted by molar-refractivity contribution is 5.94. The van der Waals surface area contributed by atoms with E-state index >= 15 is 0 Å². The van der Waals surface area contributed by atoms with Gasteiger partial charge in [0.05, 0.1) is 13.0 Å². The summed E-state index contributed by atoms with van der Waals surface area (Å²) in [6.07, 6.45) is 1.17. The molecule has 2 aromatic rings. The number of nitrogens with zero attached hydrogens (tertiary/aromatic N) is 2. The van der Waals surface area contributed by atoms with Gasteiger partial charge in [-0.25, -0.2) is 0 Å². The van der Waals surface area contributed by atoms with Crippen LogP contribution in [0.1, 0.15) is 34.8 Å². The number of ether oxygens (including phenoxy) is 1. The number of hydrogen-bond donors (Lipinski definition) is 0. The summed E-state index contributed by atoms with van der Waals surface area (Å²) in [5.74, 6) is 0.966. The zero-order valence-electron chi connectivity index (χ0n) is 16.7. The van der Waals surface area contributed by atoms with E-state index < -0.39 is 0 Å². The highest BCUT2D eigenvalue weighted by Crippen LogP contribution is 2.15. The molecule has 1 aliphatic rings. The number of carbonyl (C=O) groups excluding carboxylic acids is 2. The van der Waals surface area contributed by atoms with E-state index in [-0.39, 0.29) is 11.8 Å². The van der Waals surface area contributed by atoms with Crippen LogP contribution in [0.2, 0.25) is 0 Å². The predicted octanol–water partition coefficient (Wildman–Crippen LogP) is 3.31. The molecule has 0 atom stereocenters. The molecule has 2 aromatic carbocycles. The minimum absolute atomic E-state index is 0.0424. The molecule has 1 aliphatic heterocycles. The van der Waals surface area contributed by atoms with Gasteiger partial charge in [0.1, 0.15) is 5.75 Å². The average Bonchev–Trinajstić information content (AvgIpc) is 2.96. The highest BCUT2D eigenvalue weighted by Gasteiger charge is 2.22. The lowest BCUT2D eigenvalue weighted by molar-refractivity contribution is -0.130. The van der Waals surface area contributed by atoms with Crippen molar-refractivity contribution in [1.82, 2.24) is 9.80 Å². The van der Waals surface area contributed by atoms with Crippen molar-refractivity contribution >= 4 is 11.8 Å². The molecule has 148 valence electrons. The number of aryl methyl sites for hydroxylation is 1. The molecule has 2 amide bonds. The molecule has 0 bridgehead atoms. The molecule has 0 unspecified atom stereocenters. The van der Waals surface area contributed by atoms with Crippen LogP contribution in [-0.4, -0.2) is 54.4 Å². The molecular formula is C23H28N2O3. The largest absolute Gasteiger partial charge is 0.494 e. The van der Waals surface area contributed by atoms with E-state index in [1.165, 1.54) is 0 Å². The van der Waals surface area contributed by atoms with Crippen LogP contribution in [-0.2, 0) is 11.2 Å². The fourth-order valence-corrected chi connectivity index (χ4v) is 3.41. The van der Waals surface area contributed by atoms with Crippen LogP contribution in [0.4, 0.5) is 0 Å². The van der Waals surface area contributed by atoms with E-state index in [0.29, 0.717) is 44.8 Å². The van der Waals surface area contributed by atoms with Crippen LogP contribution in [0.25, 0.3) is 0 Å². The van der Waals surface area contributed by atoms with Crippen molar-refractivity contribution < 1.29 is 14.3 Å². The van der Waals surface area contributed by atoms with Gasteiger partial charge in [-0.3, -0.25) is 9.59 Å². The minimum Gasteiger partial charge on any atom is -0.494 e. The molecule has 0 N–H and O–H groups in total. The maximum Gasteiger partial charge on any atom is 0.253 e. The van der Waals surface area contributed by atoms with Gasteiger partial charge in [-0.15, -0.1) is 0 Å². The molecule has 0 saturated carbocycles. The molecule has 28 heavy (non-hydrogen) atoms. The van der Waals surface area contributed by atoms with Crippen molar-refractivity contribution in [3.8, 4) is 5.75 Å². The van der Waals surface area contributed by atoms with E-state index in [1.807, 2.05) is 72.2 Å². The van der Waals surface area contributed by atoms with Gasteiger partial charge in [-0.1, -0.05) is 29.8 Å². The monoisotopic (exact) mass is 380 g/mol. The fraction of sp³-hybridized carbons (Fsp3) is 0.391. The van der Waals surface area contributed by atoms with Crippen LogP contribution >= 0.6 is 0 Å². The summed E-state index contributed by atoms with van der Waals surface area (Å²) in [6, 6.07) is 15.3. The van der Waals surface area contributed by atoms with Crippen LogP contribution in [0.15, 0.2) is 48.5 Å². The van der Waals surface area contributed by atoms with E-state index in [2.05, 4.69) is 0 Å². The molecule has 5 heteroatoms.